The summed E-state index contributed by atoms with van der Waals surface area (Å²) in [5, 5.41) is 3.23. The van der Waals surface area contributed by atoms with Crippen LogP contribution in [0.3, 0.4) is 0 Å². The van der Waals surface area contributed by atoms with E-state index < -0.39 is 9.84 Å². The van der Waals surface area contributed by atoms with E-state index in [0.717, 1.165) is 35.8 Å². The molecule has 1 aliphatic rings. The Labute approximate surface area is 135 Å². The van der Waals surface area contributed by atoms with Gasteiger partial charge in [0.1, 0.15) is 18.2 Å². The molecule has 0 unspecified atom stereocenters. The Morgan fingerprint density at radius 3 is 2.35 bits per heavy atom. The van der Waals surface area contributed by atoms with Crippen LogP contribution in [0.4, 0.5) is 0 Å². The molecule has 1 N–H and O–H groups in total. The first kappa shape index (κ1) is 15.6. The highest BCUT2D eigenvalue weighted by Gasteiger charge is 2.08. The van der Waals surface area contributed by atoms with Crippen molar-refractivity contribution in [1.29, 1.82) is 0 Å². The summed E-state index contributed by atoms with van der Waals surface area (Å²) in [5.74, 6) is 1.69. The molecule has 0 atom stereocenters. The normalized spacial score (nSPS) is 14.2. The maximum absolute atomic E-state index is 11.4. The van der Waals surface area contributed by atoms with Crippen LogP contribution in [0.25, 0.3) is 0 Å². The minimum absolute atomic E-state index is 0.315. The third-order valence-electron chi connectivity index (χ3n) is 3.56. The molecule has 0 saturated heterocycles. The Balaban J connectivity index is 1.62. The highest BCUT2D eigenvalue weighted by atomic mass is 32.2. The van der Waals surface area contributed by atoms with Crippen molar-refractivity contribution in [2.45, 2.75) is 11.5 Å². The first-order chi connectivity index (χ1) is 11.0. The van der Waals surface area contributed by atoms with Gasteiger partial charge >= 0.3 is 0 Å². The van der Waals surface area contributed by atoms with Crippen molar-refractivity contribution < 1.29 is 13.2 Å². The van der Waals surface area contributed by atoms with Crippen molar-refractivity contribution in [1.82, 2.24) is 5.32 Å². The summed E-state index contributed by atoms with van der Waals surface area (Å²) in [6.07, 6.45) is 1.20. The van der Waals surface area contributed by atoms with Crippen molar-refractivity contribution in [3.05, 3.63) is 59.7 Å². The van der Waals surface area contributed by atoms with E-state index in [1.54, 1.807) is 24.3 Å². The Morgan fingerprint density at radius 1 is 1.09 bits per heavy atom. The quantitative estimate of drug-likeness (QED) is 0.911. The Morgan fingerprint density at radius 2 is 1.78 bits per heavy atom. The lowest BCUT2D eigenvalue weighted by molar-refractivity contribution is 0.306. The summed E-state index contributed by atoms with van der Waals surface area (Å²) in [7, 11) is -3.16. The van der Waals surface area contributed by atoms with Crippen LogP contribution in [0.2, 0.25) is 0 Å². The minimum Gasteiger partial charge on any atom is -0.489 e. The van der Waals surface area contributed by atoms with Crippen molar-refractivity contribution in [2.24, 2.45) is 4.99 Å². The fourth-order valence-corrected chi connectivity index (χ4v) is 2.93. The molecular formula is C17H18N2O3S. The zero-order valence-corrected chi connectivity index (χ0v) is 13.6. The van der Waals surface area contributed by atoms with Crippen LogP contribution in [0, 0.1) is 0 Å². The number of nitrogens with one attached hydrogen (secondary N) is 1. The first-order valence-electron chi connectivity index (χ1n) is 7.33. The second-order valence-electron chi connectivity index (χ2n) is 5.39. The van der Waals surface area contributed by atoms with Gasteiger partial charge in [-0.3, -0.25) is 4.99 Å². The third-order valence-corrected chi connectivity index (χ3v) is 4.69. The fourth-order valence-electron chi connectivity index (χ4n) is 2.30. The molecule has 0 bridgehead atoms. The molecule has 0 radical (unpaired) electrons. The Hall–Kier alpha value is -2.34. The summed E-state index contributed by atoms with van der Waals surface area (Å²) in [5.41, 5.74) is 1.97. The second kappa shape index (κ2) is 6.42. The van der Waals surface area contributed by atoms with Gasteiger partial charge in [-0.05, 0) is 42.0 Å². The molecular weight excluding hydrogens is 312 g/mol. The smallest absolute Gasteiger partial charge is 0.175 e. The van der Waals surface area contributed by atoms with Gasteiger partial charge in [0.15, 0.2) is 9.84 Å². The number of benzene rings is 2. The molecule has 0 spiro atoms. The van der Waals surface area contributed by atoms with E-state index in [-0.39, 0.29) is 0 Å². The molecule has 5 nitrogen and oxygen atoms in total. The molecule has 2 aromatic rings. The van der Waals surface area contributed by atoms with E-state index in [4.69, 9.17) is 4.74 Å². The van der Waals surface area contributed by atoms with E-state index in [1.165, 1.54) is 6.26 Å². The zero-order chi connectivity index (χ0) is 16.3. The topological polar surface area (TPSA) is 67.8 Å². The van der Waals surface area contributed by atoms with Crippen LogP contribution in [-0.2, 0) is 16.4 Å². The van der Waals surface area contributed by atoms with Crippen molar-refractivity contribution in [3.63, 3.8) is 0 Å². The molecule has 120 valence electrons. The lowest BCUT2D eigenvalue weighted by Gasteiger charge is -2.08. The number of sulfone groups is 1. The number of hydrogen-bond acceptors (Lipinski definition) is 5. The second-order valence-corrected chi connectivity index (χ2v) is 7.40. The number of aliphatic imine (C=N–C) groups is 1. The lowest BCUT2D eigenvalue weighted by Crippen LogP contribution is -2.19. The van der Waals surface area contributed by atoms with E-state index in [1.807, 2.05) is 24.3 Å². The average molecular weight is 330 g/mol. The van der Waals surface area contributed by atoms with Crippen molar-refractivity contribution in [3.8, 4) is 5.75 Å². The molecule has 0 amide bonds. The van der Waals surface area contributed by atoms with Crippen LogP contribution >= 0.6 is 0 Å². The Bertz CT molecular complexity index is 810. The van der Waals surface area contributed by atoms with Gasteiger partial charge < -0.3 is 10.1 Å². The standard InChI is InChI=1S/C17H18N2O3S/c1-23(20,21)16-8-2-13(3-9-16)12-22-15-6-4-14(5-7-15)17-18-10-11-19-17/h2-9H,10-12H2,1H3,(H,18,19). The SMILES string of the molecule is CS(=O)(=O)c1ccc(COc2ccc(C3=NCCN3)cc2)cc1. The predicted octanol–water partition coefficient (Wildman–Crippen LogP) is 2.02. The fraction of sp³-hybridized carbons (Fsp3) is 0.235. The highest BCUT2D eigenvalue weighted by Crippen LogP contribution is 2.16. The van der Waals surface area contributed by atoms with E-state index in [9.17, 15) is 8.42 Å². The molecule has 0 aliphatic carbocycles. The summed E-state index contributed by atoms with van der Waals surface area (Å²) >= 11 is 0. The van der Waals surface area contributed by atoms with Crippen molar-refractivity contribution >= 4 is 15.7 Å². The molecule has 6 heteroatoms. The first-order valence-corrected chi connectivity index (χ1v) is 9.22. The van der Waals surface area contributed by atoms with Crippen LogP contribution < -0.4 is 10.1 Å². The number of rotatable bonds is 5. The van der Waals surface area contributed by atoms with E-state index >= 15 is 0 Å². The number of nitrogens with zero attached hydrogens (tertiary/aromatic N) is 1. The van der Waals surface area contributed by atoms with E-state index in [2.05, 4.69) is 10.3 Å². The summed E-state index contributed by atoms with van der Waals surface area (Å²) in [6, 6.07) is 14.5. The van der Waals surface area contributed by atoms with Gasteiger partial charge in [-0.1, -0.05) is 12.1 Å². The number of amidine groups is 1. The lowest BCUT2D eigenvalue weighted by atomic mass is 10.2. The third kappa shape index (κ3) is 3.90. The van der Waals surface area contributed by atoms with Crippen LogP contribution in [0.5, 0.6) is 5.75 Å². The van der Waals surface area contributed by atoms with Gasteiger partial charge in [-0.2, -0.15) is 0 Å². The summed E-state index contributed by atoms with van der Waals surface area (Å²) in [4.78, 5) is 4.69. The van der Waals surface area contributed by atoms with Gasteiger partial charge in [0.05, 0.1) is 11.4 Å². The van der Waals surface area contributed by atoms with Gasteiger partial charge in [0.2, 0.25) is 0 Å². The molecule has 0 saturated carbocycles. The van der Waals surface area contributed by atoms with Crippen molar-refractivity contribution in [2.75, 3.05) is 19.3 Å². The van der Waals surface area contributed by atoms with Gasteiger partial charge in [0, 0.05) is 18.4 Å². The predicted molar refractivity (Wildman–Crippen MR) is 89.7 cm³/mol. The minimum atomic E-state index is -3.16. The molecule has 23 heavy (non-hydrogen) atoms. The summed E-state index contributed by atoms with van der Waals surface area (Å²) < 4.78 is 28.6. The monoisotopic (exact) mass is 330 g/mol. The van der Waals surface area contributed by atoms with Gasteiger partial charge in [-0.25, -0.2) is 8.42 Å². The van der Waals surface area contributed by atoms with Crippen LogP contribution in [-0.4, -0.2) is 33.6 Å². The molecule has 1 aliphatic heterocycles. The largest absolute Gasteiger partial charge is 0.489 e. The number of ether oxygens (including phenoxy) is 1. The highest BCUT2D eigenvalue weighted by molar-refractivity contribution is 7.90. The molecule has 2 aromatic carbocycles. The van der Waals surface area contributed by atoms with Gasteiger partial charge in [-0.15, -0.1) is 0 Å². The van der Waals surface area contributed by atoms with Crippen LogP contribution in [0.1, 0.15) is 11.1 Å². The molecule has 3 rings (SSSR count). The maximum Gasteiger partial charge on any atom is 0.175 e. The van der Waals surface area contributed by atoms with Crippen LogP contribution in [0.15, 0.2) is 58.4 Å². The van der Waals surface area contributed by atoms with Gasteiger partial charge in [0.25, 0.3) is 0 Å². The molecule has 0 fully saturated rings. The maximum atomic E-state index is 11.4. The summed E-state index contributed by atoms with van der Waals surface area (Å²) in [6.45, 7) is 2.09. The number of hydrogen-bond donors (Lipinski definition) is 1. The molecule has 1 heterocycles. The van der Waals surface area contributed by atoms with E-state index in [0.29, 0.717) is 11.5 Å². The zero-order valence-electron chi connectivity index (χ0n) is 12.8. The molecule has 0 aromatic heterocycles. The average Bonchev–Trinajstić information content (AvgIpc) is 3.07. The Kier molecular flexibility index (Phi) is 4.34.